The predicted molar refractivity (Wildman–Crippen MR) is 68.6 cm³/mol. The first-order valence-electron chi connectivity index (χ1n) is 5.30. The molecule has 0 aliphatic carbocycles. The van der Waals surface area contributed by atoms with Crippen molar-refractivity contribution in [3.8, 4) is 11.4 Å². The summed E-state index contributed by atoms with van der Waals surface area (Å²) in [6, 6.07) is 9.02. The molecule has 0 radical (unpaired) electrons. The lowest BCUT2D eigenvalue weighted by Crippen LogP contribution is -2.06. The molecule has 0 atom stereocenters. The van der Waals surface area contributed by atoms with E-state index in [1.165, 1.54) is 13.2 Å². The maximum Gasteiger partial charge on any atom is 0.356 e. The van der Waals surface area contributed by atoms with Crippen LogP contribution < -0.4 is 0 Å². The fourth-order valence-electron chi connectivity index (χ4n) is 1.46. The fourth-order valence-corrected chi connectivity index (χ4v) is 1.64. The van der Waals surface area contributed by atoms with Crippen molar-refractivity contribution in [2.45, 2.75) is 6.92 Å². The van der Waals surface area contributed by atoms with Crippen LogP contribution in [0.25, 0.3) is 11.4 Å². The van der Waals surface area contributed by atoms with Crippen LogP contribution in [0.15, 0.2) is 30.3 Å². The number of benzene rings is 1. The third-order valence-corrected chi connectivity index (χ3v) is 2.59. The summed E-state index contributed by atoms with van der Waals surface area (Å²) in [4.78, 5) is 19.7. The summed E-state index contributed by atoms with van der Waals surface area (Å²) < 4.78 is 4.61. The van der Waals surface area contributed by atoms with E-state index in [0.29, 0.717) is 5.82 Å². The number of aromatic nitrogens is 2. The summed E-state index contributed by atoms with van der Waals surface area (Å²) in [6.45, 7) is 1.99. The zero-order chi connectivity index (χ0) is 13.1. The van der Waals surface area contributed by atoms with Crippen LogP contribution in [0.2, 0.25) is 5.15 Å². The minimum absolute atomic E-state index is 0.146. The third-order valence-electron chi connectivity index (χ3n) is 2.40. The van der Waals surface area contributed by atoms with Gasteiger partial charge in [-0.3, -0.25) is 0 Å². The van der Waals surface area contributed by atoms with E-state index in [4.69, 9.17) is 11.6 Å². The normalized spacial score (nSPS) is 10.2. The van der Waals surface area contributed by atoms with Crippen LogP contribution in [0.5, 0.6) is 0 Å². The van der Waals surface area contributed by atoms with Gasteiger partial charge >= 0.3 is 5.97 Å². The van der Waals surface area contributed by atoms with Gasteiger partial charge in [-0.05, 0) is 6.92 Å². The average Bonchev–Trinajstić information content (AvgIpc) is 2.38. The van der Waals surface area contributed by atoms with E-state index in [1.807, 2.05) is 31.2 Å². The van der Waals surface area contributed by atoms with Crippen molar-refractivity contribution in [3.63, 3.8) is 0 Å². The van der Waals surface area contributed by atoms with Gasteiger partial charge in [-0.25, -0.2) is 14.8 Å². The number of esters is 1. The molecule has 5 heteroatoms. The zero-order valence-electron chi connectivity index (χ0n) is 9.98. The Morgan fingerprint density at radius 2 is 1.89 bits per heavy atom. The molecule has 0 N–H and O–H groups in total. The van der Waals surface area contributed by atoms with E-state index in [0.717, 1.165) is 11.1 Å². The second-order valence-corrected chi connectivity index (χ2v) is 4.14. The Labute approximate surface area is 110 Å². The molecule has 2 aromatic rings. The van der Waals surface area contributed by atoms with Crippen molar-refractivity contribution in [3.05, 3.63) is 46.7 Å². The van der Waals surface area contributed by atoms with Gasteiger partial charge in [-0.1, -0.05) is 41.4 Å². The predicted octanol–water partition coefficient (Wildman–Crippen LogP) is 2.89. The number of nitrogens with zero attached hydrogens (tertiary/aromatic N) is 2. The van der Waals surface area contributed by atoms with Gasteiger partial charge in [-0.15, -0.1) is 0 Å². The highest BCUT2D eigenvalue weighted by atomic mass is 35.5. The van der Waals surface area contributed by atoms with Crippen LogP contribution in [-0.2, 0) is 4.74 Å². The molecule has 0 spiro atoms. The van der Waals surface area contributed by atoms with Crippen LogP contribution in [0.3, 0.4) is 0 Å². The van der Waals surface area contributed by atoms with Gasteiger partial charge in [0.25, 0.3) is 0 Å². The van der Waals surface area contributed by atoms with Crippen LogP contribution in [0, 0.1) is 6.92 Å². The molecule has 0 aliphatic heterocycles. The SMILES string of the molecule is COC(=O)c1cc(Cl)nc(-c2ccc(C)cc2)n1. The van der Waals surface area contributed by atoms with Crippen LogP contribution in [0.4, 0.5) is 0 Å². The van der Waals surface area contributed by atoms with Crippen molar-refractivity contribution in [2.24, 2.45) is 0 Å². The lowest BCUT2D eigenvalue weighted by atomic mass is 10.1. The number of hydrogen-bond donors (Lipinski definition) is 0. The maximum atomic E-state index is 11.4. The lowest BCUT2D eigenvalue weighted by Gasteiger charge is -2.04. The van der Waals surface area contributed by atoms with Crippen molar-refractivity contribution >= 4 is 17.6 Å². The summed E-state index contributed by atoms with van der Waals surface area (Å²) in [5, 5.41) is 0.209. The molecule has 0 bridgehead atoms. The maximum absolute atomic E-state index is 11.4. The van der Waals surface area contributed by atoms with Gasteiger partial charge < -0.3 is 4.74 Å². The number of halogens is 1. The molecule has 92 valence electrons. The molecule has 0 unspecified atom stereocenters. The number of ether oxygens (including phenoxy) is 1. The van der Waals surface area contributed by atoms with E-state index in [2.05, 4.69) is 14.7 Å². The van der Waals surface area contributed by atoms with E-state index >= 15 is 0 Å². The molecule has 0 saturated heterocycles. The van der Waals surface area contributed by atoms with Crippen LogP contribution in [0.1, 0.15) is 16.1 Å². The molecular formula is C13H11ClN2O2. The molecular weight excluding hydrogens is 252 g/mol. The van der Waals surface area contributed by atoms with Crippen molar-refractivity contribution < 1.29 is 9.53 Å². The van der Waals surface area contributed by atoms with Gasteiger partial charge in [0.15, 0.2) is 11.5 Å². The standard InChI is InChI=1S/C13H11ClN2O2/c1-8-3-5-9(6-4-8)12-15-10(13(17)18-2)7-11(14)16-12/h3-7H,1-2H3. The second kappa shape index (κ2) is 5.14. The fraction of sp³-hybridized carbons (Fsp3) is 0.154. The number of rotatable bonds is 2. The minimum atomic E-state index is -0.535. The average molecular weight is 263 g/mol. The molecule has 18 heavy (non-hydrogen) atoms. The number of aryl methyl sites for hydroxylation is 1. The molecule has 0 aliphatic rings. The molecule has 0 amide bonds. The smallest absolute Gasteiger partial charge is 0.356 e. The Morgan fingerprint density at radius 1 is 1.22 bits per heavy atom. The van der Waals surface area contributed by atoms with Gasteiger partial charge in [-0.2, -0.15) is 0 Å². The molecule has 4 nitrogen and oxygen atoms in total. The Kier molecular flexibility index (Phi) is 3.58. The van der Waals surface area contributed by atoms with Crippen molar-refractivity contribution in [1.82, 2.24) is 9.97 Å². The highest BCUT2D eigenvalue weighted by Crippen LogP contribution is 2.19. The van der Waals surface area contributed by atoms with Gasteiger partial charge in [0, 0.05) is 11.6 Å². The summed E-state index contributed by atoms with van der Waals surface area (Å²) in [5.41, 5.74) is 2.08. The molecule has 0 fully saturated rings. The first kappa shape index (κ1) is 12.5. The number of carbonyl (C=O) groups is 1. The van der Waals surface area contributed by atoms with E-state index < -0.39 is 5.97 Å². The molecule has 2 rings (SSSR count). The minimum Gasteiger partial charge on any atom is -0.464 e. The number of carbonyl (C=O) groups excluding carboxylic acids is 1. The first-order valence-corrected chi connectivity index (χ1v) is 5.68. The van der Waals surface area contributed by atoms with Crippen molar-refractivity contribution in [1.29, 1.82) is 0 Å². The van der Waals surface area contributed by atoms with Crippen LogP contribution in [-0.4, -0.2) is 23.0 Å². The topological polar surface area (TPSA) is 52.1 Å². The van der Waals surface area contributed by atoms with Crippen LogP contribution >= 0.6 is 11.6 Å². The Bertz CT molecular complexity index is 582. The summed E-state index contributed by atoms with van der Waals surface area (Å²) in [6.07, 6.45) is 0. The molecule has 0 saturated carbocycles. The lowest BCUT2D eigenvalue weighted by molar-refractivity contribution is 0.0594. The van der Waals surface area contributed by atoms with Crippen molar-refractivity contribution in [2.75, 3.05) is 7.11 Å². The third kappa shape index (κ3) is 2.65. The zero-order valence-corrected chi connectivity index (χ0v) is 10.7. The Balaban J connectivity index is 2.48. The largest absolute Gasteiger partial charge is 0.464 e. The van der Waals surface area contributed by atoms with E-state index in [1.54, 1.807) is 0 Å². The number of methoxy groups -OCH3 is 1. The van der Waals surface area contributed by atoms with E-state index in [-0.39, 0.29) is 10.8 Å². The van der Waals surface area contributed by atoms with Gasteiger partial charge in [0.2, 0.25) is 0 Å². The van der Waals surface area contributed by atoms with E-state index in [9.17, 15) is 4.79 Å². The first-order chi connectivity index (χ1) is 8.60. The summed E-state index contributed by atoms with van der Waals surface area (Å²) in [5.74, 6) is -0.129. The molecule has 1 aromatic heterocycles. The second-order valence-electron chi connectivity index (χ2n) is 3.76. The monoisotopic (exact) mass is 262 g/mol. The highest BCUT2D eigenvalue weighted by molar-refractivity contribution is 6.29. The Morgan fingerprint density at radius 3 is 2.50 bits per heavy atom. The summed E-state index contributed by atoms with van der Waals surface area (Å²) >= 11 is 5.87. The highest BCUT2D eigenvalue weighted by Gasteiger charge is 2.12. The Hall–Kier alpha value is -1.94. The summed E-state index contributed by atoms with van der Waals surface area (Å²) in [7, 11) is 1.30. The number of hydrogen-bond acceptors (Lipinski definition) is 4. The molecule has 1 heterocycles. The quantitative estimate of drug-likeness (QED) is 0.617. The van der Waals surface area contributed by atoms with Gasteiger partial charge in [0.1, 0.15) is 5.15 Å². The molecule has 1 aromatic carbocycles. The van der Waals surface area contributed by atoms with Gasteiger partial charge in [0.05, 0.1) is 7.11 Å².